The average Bonchev–Trinajstić information content (AvgIpc) is 2.60. The fourth-order valence-corrected chi connectivity index (χ4v) is 2.96. The highest BCUT2D eigenvalue weighted by Gasteiger charge is 2.27. The number of ether oxygens (including phenoxy) is 1. The van der Waals surface area contributed by atoms with Gasteiger partial charge in [-0.15, -0.1) is 0 Å². The average molecular weight is 381 g/mol. The van der Waals surface area contributed by atoms with Crippen LogP contribution in [0.1, 0.15) is 5.56 Å². The van der Waals surface area contributed by atoms with E-state index in [4.69, 9.17) is 4.74 Å². The Bertz CT molecular complexity index is 956. The molecule has 0 saturated carbocycles. The molecule has 0 spiro atoms. The monoisotopic (exact) mass is 381 g/mol. The van der Waals surface area contributed by atoms with E-state index in [0.29, 0.717) is 5.56 Å². The predicted molar refractivity (Wildman–Crippen MR) is 86.7 cm³/mol. The fourth-order valence-electron chi connectivity index (χ4n) is 1.89. The van der Waals surface area contributed by atoms with E-state index >= 15 is 0 Å². The molecule has 0 aliphatic heterocycles. The first-order valence-electron chi connectivity index (χ1n) is 6.87. The van der Waals surface area contributed by atoms with Crippen molar-refractivity contribution < 1.29 is 27.8 Å². The number of para-hydroxylation sites is 1. The number of carbonyl (C=O) groups is 1. The maximum absolute atomic E-state index is 12.1. The Kier molecular flexibility index (Phi) is 5.47. The van der Waals surface area contributed by atoms with E-state index in [1.54, 1.807) is 4.72 Å². The summed E-state index contributed by atoms with van der Waals surface area (Å²) in [7, 11) is -4.51. The number of benzene rings is 2. The van der Waals surface area contributed by atoms with Gasteiger partial charge in [-0.1, -0.05) is 12.1 Å². The van der Waals surface area contributed by atoms with E-state index in [1.165, 1.54) is 36.4 Å². The second-order valence-electron chi connectivity index (χ2n) is 4.83. The number of carbonyl (C=O) groups excluding carboxylic acids is 1. The van der Waals surface area contributed by atoms with Gasteiger partial charge in [-0.3, -0.25) is 20.2 Å². The number of sulfonamides is 1. The van der Waals surface area contributed by atoms with E-state index in [1.807, 2.05) is 0 Å². The normalized spacial score (nSPS) is 10.8. The van der Waals surface area contributed by atoms with Crippen molar-refractivity contribution in [1.82, 2.24) is 4.72 Å². The standard InChI is InChI=1S/C14H11N3O8S/c18-14(25-9-10-5-7-11(8-6-10)16(19)20)15-26(23,24)13-4-2-1-3-12(13)17(21)22/h1-8H,9H2,(H,15,18). The third kappa shape index (κ3) is 4.51. The lowest BCUT2D eigenvalue weighted by Crippen LogP contribution is -2.31. The first-order chi connectivity index (χ1) is 12.2. The molecule has 0 aliphatic carbocycles. The minimum atomic E-state index is -4.51. The van der Waals surface area contributed by atoms with Crippen molar-refractivity contribution in [3.63, 3.8) is 0 Å². The van der Waals surface area contributed by atoms with Crippen molar-refractivity contribution >= 4 is 27.5 Å². The summed E-state index contributed by atoms with van der Waals surface area (Å²) in [6, 6.07) is 9.57. The number of nitrogens with one attached hydrogen (secondary N) is 1. The molecule has 2 aromatic carbocycles. The number of hydrogen-bond donors (Lipinski definition) is 1. The number of rotatable bonds is 6. The zero-order valence-electron chi connectivity index (χ0n) is 12.9. The molecular weight excluding hydrogens is 370 g/mol. The first kappa shape index (κ1) is 18.8. The molecule has 0 saturated heterocycles. The van der Waals surface area contributed by atoms with Crippen LogP contribution in [0.15, 0.2) is 53.4 Å². The fraction of sp³-hybridized carbons (Fsp3) is 0.0714. The molecule has 136 valence electrons. The molecule has 0 aromatic heterocycles. The summed E-state index contributed by atoms with van der Waals surface area (Å²) >= 11 is 0. The Morgan fingerprint density at radius 2 is 1.62 bits per heavy atom. The molecule has 1 N–H and O–H groups in total. The van der Waals surface area contributed by atoms with E-state index in [-0.39, 0.29) is 12.3 Å². The zero-order chi connectivity index (χ0) is 19.3. The summed E-state index contributed by atoms with van der Waals surface area (Å²) in [6.45, 7) is -0.351. The molecule has 0 aliphatic rings. The summed E-state index contributed by atoms with van der Waals surface area (Å²) in [5.41, 5.74) is -0.464. The zero-order valence-corrected chi connectivity index (χ0v) is 13.7. The number of amides is 1. The van der Waals surface area contributed by atoms with Crippen molar-refractivity contribution in [3.05, 3.63) is 74.3 Å². The molecule has 11 nitrogen and oxygen atoms in total. The Labute approximate surface area is 146 Å². The van der Waals surface area contributed by atoms with Gasteiger partial charge in [-0.2, -0.15) is 0 Å². The van der Waals surface area contributed by atoms with Gasteiger partial charge in [0, 0.05) is 18.2 Å². The van der Waals surface area contributed by atoms with Crippen LogP contribution in [0.2, 0.25) is 0 Å². The molecule has 2 rings (SSSR count). The topological polar surface area (TPSA) is 159 Å². The highest BCUT2D eigenvalue weighted by atomic mass is 32.2. The minimum absolute atomic E-state index is 0.155. The second-order valence-corrected chi connectivity index (χ2v) is 6.48. The summed E-state index contributed by atoms with van der Waals surface area (Å²) in [4.78, 5) is 30.9. The van der Waals surface area contributed by atoms with Crippen LogP contribution in [-0.4, -0.2) is 24.4 Å². The number of non-ortho nitro benzene ring substituents is 1. The van der Waals surface area contributed by atoms with Crippen molar-refractivity contribution in [2.45, 2.75) is 11.5 Å². The van der Waals surface area contributed by atoms with Crippen LogP contribution in [0.4, 0.5) is 16.2 Å². The first-order valence-corrected chi connectivity index (χ1v) is 8.35. The molecular formula is C14H11N3O8S. The molecule has 0 heterocycles. The van der Waals surface area contributed by atoms with Crippen LogP contribution < -0.4 is 4.72 Å². The minimum Gasteiger partial charge on any atom is -0.444 e. The van der Waals surface area contributed by atoms with Gasteiger partial charge in [0.1, 0.15) is 6.61 Å². The molecule has 26 heavy (non-hydrogen) atoms. The van der Waals surface area contributed by atoms with Gasteiger partial charge >= 0.3 is 6.09 Å². The van der Waals surface area contributed by atoms with Crippen molar-refractivity contribution in [2.75, 3.05) is 0 Å². The summed E-state index contributed by atoms with van der Waals surface area (Å²) < 4.78 is 30.5. The second kappa shape index (κ2) is 7.57. The Balaban J connectivity index is 2.05. The number of hydrogen-bond acceptors (Lipinski definition) is 8. The summed E-state index contributed by atoms with van der Waals surface area (Å²) in [5, 5.41) is 21.4. The van der Waals surface area contributed by atoms with Gasteiger partial charge in [-0.05, 0) is 23.8 Å². The summed E-state index contributed by atoms with van der Waals surface area (Å²) in [6.07, 6.45) is -1.35. The third-order valence-corrected chi connectivity index (χ3v) is 4.45. The predicted octanol–water partition coefficient (Wildman–Crippen LogP) is 2.12. The largest absolute Gasteiger partial charge is 0.444 e. The Hall–Kier alpha value is -3.54. The van der Waals surface area contributed by atoms with Gasteiger partial charge in [0.05, 0.1) is 9.85 Å². The number of nitro benzene ring substituents is 2. The smallest absolute Gasteiger partial charge is 0.421 e. The lowest BCUT2D eigenvalue weighted by Gasteiger charge is -2.08. The molecule has 0 radical (unpaired) electrons. The number of nitro groups is 2. The molecule has 0 fully saturated rings. The lowest BCUT2D eigenvalue weighted by molar-refractivity contribution is -0.387. The van der Waals surface area contributed by atoms with Crippen molar-refractivity contribution in [1.29, 1.82) is 0 Å². The molecule has 0 bridgehead atoms. The Morgan fingerprint density at radius 3 is 2.19 bits per heavy atom. The van der Waals surface area contributed by atoms with E-state index in [0.717, 1.165) is 12.1 Å². The van der Waals surface area contributed by atoms with Crippen LogP contribution in [0.3, 0.4) is 0 Å². The van der Waals surface area contributed by atoms with Gasteiger partial charge in [0.25, 0.3) is 21.4 Å². The quantitative estimate of drug-likeness (QED) is 0.588. The third-order valence-electron chi connectivity index (χ3n) is 3.09. The molecule has 1 amide bonds. The number of nitrogens with zero attached hydrogens (tertiary/aromatic N) is 2. The Morgan fingerprint density at radius 1 is 1.00 bits per heavy atom. The molecule has 0 atom stereocenters. The van der Waals surface area contributed by atoms with Gasteiger partial charge < -0.3 is 4.74 Å². The SMILES string of the molecule is O=C(NS(=O)(=O)c1ccccc1[N+](=O)[O-])OCc1ccc([N+](=O)[O-])cc1. The van der Waals surface area contributed by atoms with Crippen LogP contribution in [0.5, 0.6) is 0 Å². The highest BCUT2D eigenvalue weighted by Crippen LogP contribution is 2.22. The van der Waals surface area contributed by atoms with Crippen LogP contribution in [0.25, 0.3) is 0 Å². The maximum atomic E-state index is 12.1. The van der Waals surface area contributed by atoms with Crippen LogP contribution in [-0.2, 0) is 21.4 Å². The van der Waals surface area contributed by atoms with Crippen molar-refractivity contribution in [3.8, 4) is 0 Å². The van der Waals surface area contributed by atoms with E-state index in [2.05, 4.69) is 0 Å². The van der Waals surface area contributed by atoms with Crippen LogP contribution in [0, 0.1) is 20.2 Å². The van der Waals surface area contributed by atoms with Gasteiger partial charge in [0.15, 0.2) is 4.90 Å². The molecule has 2 aromatic rings. The molecule has 12 heteroatoms. The molecule has 0 unspecified atom stereocenters. The maximum Gasteiger partial charge on any atom is 0.421 e. The van der Waals surface area contributed by atoms with Crippen LogP contribution >= 0.6 is 0 Å². The summed E-state index contributed by atoms with van der Waals surface area (Å²) in [5.74, 6) is 0. The van der Waals surface area contributed by atoms with Crippen molar-refractivity contribution in [2.24, 2.45) is 0 Å². The highest BCUT2D eigenvalue weighted by molar-refractivity contribution is 7.90. The van der Waals surface area contributed by atoms with E-state index in [9.17, 15) is 33.4 Å². The van der Waals surface area contributed by atoms with Gasteiger partial charge in [0.2, 0.25) is 0 Å². The lowest BCUT2D eigenvalue weighted by atomic mass is 10.2. The van der Waals surface area contributed by atoms with E-state index < -0.39 is 36.5 Å². The van der Waals surface area contributed by atoms with Gasteiger partial charge in [-0.25, -0.2) is 17.9 Å².